The minimum absolute atomic E-state index is 0.539. The molecule has 0 aliphatic rings. The average Bonchev–Trinajstić information content (AvgIpc) is 1.88. The van der Waals surface area contributed by atoms with Crippen molar-refractivity contribution >= 4 is 46.4 Å². The maximum atomic E-state index is 5.81. The van der Waals surface area contributed by atoms with Gasteiger partial charge in [-0.2, -0.15) is 0 Å². The van der Waals surface area contributed by atoms with Gasteiger partial charge >= 0.3 is 0 Å². The van der Waals surface area contributed by atoms with Crippen LogP contribution in [-0.2, 0) is 0 Å². The first kappa shape index (κ1) is 11.2. The minimum Gasteiger partial charge on any atom is -0.0983 e. The lowest BCUT2D eigenvalue weighted by Crippen LogP contribution is -2.34. The second-order valence-electron chi connectivity index (χ2n) is 2.12. The van der Waals surface area contributed by atoms with Gasteiger partial charge < -0.3 is 0 Å². The largest absolute Gasteiger partial charge is 0.150 e. The molecule has 0 bridgehead atoms. The van der Waals surface area contributed by atoms with E-state index in [-0.39, 0.29) is 0 Å². The topological polar surface area (TPSA) is 0 Å². The Morgan fingerprint density at radius 1 is 0.800 bits per heavy atom. The first-order valence-corrected chi connectivity index (χ1v) is 4.64. The van der Waals surface area contributed by atoms with Crippen molar-refractivity contribution < 1.29 is 0 Å². The fourth-order valence-corrected chi connectivity index (χ4v) is 1.05. The van der Waals surface area contributed by atoms with Crippen molar-refractivity contribution in [2.45, 2.75) is 35.4 Å². The third kappa shape index (κ3) is 2.34. The first-order valence-electron chi connectivity index (χ1n) is 3.13. The first-order chi connectivity index (χ1) is 4.37. The van der Waals surface area contributed by atoms with E-state index in [1.165, 1.54) is 0 Å². The molecule has 0 saturated heterocycles. The van der Waals surface area contributed by atoms with Gasteiger partial charge in [0.2, 0.25) is 0 Å². The number of hydrogen-bond donors (Lipinski definition) is 0. The third-order valence-electron chi connectivity index (χ3n) is 1.42. The number of rotatable bonds is 3. The van der Waals surface area contributed by atoms with Crippen LogP contribution in [-0.4, -0.2) is 8.67 Å². The van der Waals surface area contributed by atoms with Crippen LogP contribution < -0.4 is 0 Å². The normalized spacial score (nSPS) is 13.8. The van der Waals surface area contributed by atoms with E-state index < -0.39 is 8.67 Å². The van der Waals surface area contributed by atoms with Crippen molar-refractivity contribution in [1.29, 1.82) is 0 Å². The molecule has 0 radical (unpaired) electrons. The molecule has 0 aliphatic carbocycles. The van der Waals surface area contributed by atoms with Crippen molar-refractivity contribution in [3.05, 3.63) is 0 Å². The summed E-state index contributed by atoms with van der Waals surface area (Å²) < 4.78 is -2.07. The van der Waals surface area contributed by atoms with E-state index in [1.807, 2.05) is 13.8 Å². The van der Waals surface area contributed by atoms with E-state index >= 15 is 0 Å². The fraction of sp³-hybridized carbons (Fsp3) is 1.00. The van der Waals surface area contributed by atoms with Gasteiger partial charge in [0.05, 0.1) is 0 Å². The van der Waals surface area contributed by atoms with Crippen LogP contribution in [0.2, 0.25) is 0 Å². The summed E-state index contributed by atoms with van der Waals surface area (Å²) in [5.74, 6) is 0. The highest BCUT2D eigenvalue weighted by atomic mass is 35.5. The van der Waals surface area contributed by atoms with E-state index in [0.29, 0.717) is 12.8 Å². The summed E-state index contributed by atoms with van der Waals surface area (Å²) in [6, 6.07) is 0. The van der Waals surface area contributed by atoms with Crippen molar-refractivity contribution in [1.82, 2.24) is 0 Å². The van der Waals surface area contributed by atoms with E-state index in [0.717, 1.165) is 0 Å². The maximum Gasteiger partial charge on any atom is 0.150 e. The molecule has 0 spiro atoms. The lowest BCUT2D eigenvalue weighted by atomic mass is 10.2. The summed E-state index contributed by atoms with van der Waals surface area (Å²) in [4.78, 5) is 0. The Morgan fingerprint density at radius 3 is 1.10 bits per heavy atom. The van der Waals surface area contributed by atoms with Crippen molar-refractivity contribution in [3.8, 4) is 0 Å². The molecule has 0 fully saturated rings. The molecule has 0 heterocycles. The van der Waals surface area contributed by atoms with Crippen LogP contribution in [0.25, 0.3) is 0 Å². The van der Waals surface area contributed by atoms with Gasteiger partial charge in [-0.05, 0) is 12.8 Å². The molecule has 0 saturated carbocycles. The van der Waals surface area contributed by atoms with Crippen LogP contribution in [0.1, 0.15) is 26.7 Å². The van der Waals surface area contributed by atoms with Gasteiger partial charge in [-0.1, -0.05) is 60.3 Å². The molecule has 0 nitrogen and oxygen atoms in total. The predicted octanol–water partition coefficient (Wildman–Crippen LogP) is 4.15. The summed E-state index contributed by atoms with van der Waals surface area (Å²) in [6.07, 6.45) is 1.08. The summed E-state index contributed by atoms with van der Waals surface area (Å²) in [5, 5.41) is 0. The quantitative estimate of drug-likeness (QED) is 0.631. The lowest BCUT2D eigenvalue weighted by molar-refractivity contribution is 0.615. The Bertz CT molecular complexity index is 94.3. The highest BCUT2D eigenvalue weighted by Gasteiger charge is 2.43. The smallest absolute Gasteiger partial charge is 0.0983 e. The number of halogens is 4. The van der Waals surface area contributed by atoms with Crippen LogP contribution >= 0.6 is 46.4 Å². The van der Waals surface area contributed by atoms with Crippen LogP contribution in [0.15, 0.2) is 0 Å². The number of alkyl halides is 4. The third-order valence-corrected chi connectivity index (χ3v) is 4.17. The van der Waals surface area contributed by atoms with E-state index in [4.69, 9.17) is 46.4 Å². The Hall–Kier alpha value is 1.16. The van der Waals surface area contributed by atoms with E-state index in [1.54, 1.807) is 0 Å². The molecular formula is C6H10Cl4. The van der Waals surface area contributed by atoms with Crippen molar-refractivity contribution in [3.63, 3.8) is 0 Å². The zero-order chi connectivity index (χ0) is 8.41. The molecular weight excluding hydrogens is 214 g/mol. The molecule has 62 valence electrons. The molecule has 4 heteroatoms. The van der Waals surface area contributed by atoms with Gasteiger partial charge in [0.1, 0.15) is 0 Å². The van der Waals surface area contributed by atoms with Gasteiger partial charge in [0.25, 0.3) is 0 Å². The minimum atomic E-state index is -1.04. The molecule has 10 heavy (non-hydrogen) atoms. The molecule has 0 atom stereocenters. The van der Waals surface area contributed by atoms with Crippen LogP contribution in [0.4, 0.5) is 0 Å². The molecule has 0 aliphatic heterocycles. The summed E-state index contributed by atoms with van der Waals surface area (Å²) in [5.41, 5.74) is 0. The molecule has 0 aromatic heterocycles. The van der Waals surface area contributed by atoms with Gasteiger partial charge in [0, 0.05) is 0 Å². The summed E-state index contributed by atoms with van der Waals surface area (Å²) >= 11 is 23.3. The molecule has 0 unspecified atom stereocenters. The van der Waals surface area contributed by atoms with Crippen molar-refractivity contribution in [2.24, 2.45) is 0 Å². The highest BCUT2D eigenvalue weighted by Crippen LogP contribution is 2.46. The molecule has 0 aromatic carbocycles. The molecule has 0 rings (SSSR count). The average molecular weight is 224 g/mol. The lowest BCUT2D eigenvalue weighted by Gasteiger charge is -2.30. The van der Waals surface area contributed by atoms with Crippen LogP contribution in [0.3, 0.4) is 0 Å². The van der Waals surface area contributed by atoms with E-state index in [9.17, 15) is 0 Å². The monoisotopic (exact) mass is 222 g/mol. The molecule has 0 aromatic rings. The van der Waals surface area contributed by atoms with Crippen LogP contribution in [0, 0.1) is 0 Å². The van der Waals surface area contributed by atoms with Crippen LogP contribution in [0.5, 0.6) is 0 Å². The standard InChI is InChI=1S/C6H10Cl4/c1-3-5(7,8)6(9,10)4-2/h3-4H2,1-2H3. The second-order valence-corrected chi connectivity index (χ2v) is 5.08. The van der Waals surface area contributed by atoms with E-state index in [2.05, 4.69) is 0 Å². The second kappa shape index (κ2) is 3.71. The Labute approximate surface area is 81.8 Å². The predicted molar refractivity (Wildman–Crippen MR) is 49.5 cm³/mol. The molecule has 0 N–H and O–H groups in total. The van der Waals surface area contributed by atoms with Gasteiger partial charge in [-0.25, -0.2) is 0 Å². The molecule has 0 amide bonds. The Balaban J connectivity index is 4.28. The highest BCUT2D eigenvalue weighted by molar-refractivity contribution is 6.62. The van der Waals surface area contributed by atoms with Crippen molar-refractivity contribution in [2.75, 3.05) is 0 Å². The zero-order valence-electron chi connectivity index (χ0n) is 5.93. The summed E-state index contributed by atoms with van der Waals surface area (Å²) in [6.45, 7) is 3.68. The SMILES string of the molecule is CCC(Cl)(Cl)C(Cl)(Cl)CC. The van der Waals surface area contributed by atoms with Gasteiger partial charge in [-0.3, -0.25) is 0 Å². The zero-order valence-corrected chi connectivity index (χ0v) is 8.95. The maximum absolute atomic E-state index is 5.81. The summed E-state index contributed by atoms with van der Waals surface area (Å²) in [7, 11) is 0. The van der Waals surface area contributed by atoms with Gasteiger partial charge in [0.15, 0.2) is 8.67 Å². The fourth-order valence-electron chi connectivity index (χ4n) is 0.517. The van der Waals surface area contributed by atoms with Gasteiger partial charge in [-0.15, -0.1) is 0 Å². The number of hydrogen-bond acceptors (Lipinski definition) is 0. The Morgan fingerprint density at radius 2 is 1.00 bits per heavy atom. The Kier molecular flexibility index (Phi) is 4.14.